The molecular weight excluding hydrogens is 232 g/mol. The van der Waals surface area contributed by atoms with Crippen LogP contribution in [0, 0.1) is 5.92 Å². The second-order valence-corrected chi connectivity index (χ2v) is 4.50. The van der Waals surface area contributed by atoms with E-state index in [1.165, 1.54) is 0 Å². The highest BCUT2D eigenvalue weighted by molar-refractivity contribution is 5.94. The quantitative estimate of drug-likeness (QED) is 0.695. The van der Waals surface area contributed by atoms with Crippen molar-refractivity contribution in [1.82, 2.24) is 0 Å². The van der Waals surface area contributed by atoms with Crippen molar-refractivity contribution in [1.29, 1.82) is 0 Å². The van der Waals surface area contributed by atoms with Crippen molar-refractivity contribution in [2.45, 2.75) is 19.4 Å². The third kappa shape index (κ3) is 2.63. The van der Waals surface area contributed by atoms with E-state index in [2.05, 4.69) is 5.32 Å². The highest BCUT2D eigenvalue weighted by Gasteiger charge is 2.31. The Kier molecular flexibility index (Phi) is 3.84. The summed E-state index contributed by atoms with van der Waals surface area (Å²) in [5.74, 6) is -0.494. The zero-order chi connectivity index (χ0) is 13.1. The van der Waals surface area contributed by atoms with Gasteiger partial charge in [0.05, 0.1) is 24.8 Å². The lowest BCUT2D eigenvalue weighted by atomic mass is 10.0. The molecule has 98 valence electrons. The number of hydrogen-bond donors (Lipinski definition) is 3. The highest BCUT2D eigenvalue weighted by atomic mass is 16.5. The predicted molar refractivity (Wildman–Crippen MR) is 68.4 cm³/mol. The smallest absolute Gasteiger partial charge is 0.231 e. The van der Waals surface area contributed by atoms with Gasteiger partial charge in [-0.1, -0.05) is 13.0 Å². The van der Waals surface area contributed by atoms with E-state index in [0.29, 0.717) is 18.9 Å². The van der Waals surface area contributed by atoms with Crippen LogP contribution in [0.5, 0.6) is 5.75 Å². The normalized spacial score (nSPS) is 23.0. The van der Waals surface area contributed by atoms with Crippen molar-refractivity contribution in [2.24, 2.45) is 11.7 Å². The first-order chi connectivity index (χ1) is 8.61. The molecule has 18 heavy (non-hydrogen) atoms. The Labute approximate surface area is 106 Å². The minimum atomic E-state index is -0.352. The van der Waals surface area contributed by atoms with Gasteiger partial charge < -0.3 is 20.9 Å². The van der Waals surface area contributed by atoms with E-state index in [9.17, 15) is 9.90 Å². The van der Waals surface area contributed by atoms with Gasteiger partial charge in [-0.25, -0.2) is 0 Å². The van der Waals surface area contributed by atoms with Crippen molar-refractivity contribution in [2.75, 3.05) is 18.5 Å². The molecule has 1 aromatic carbocycles. The minimum Gasteiger partial charge on any atom is -0.506 e. The molecule has 0 aliphatic carbocycles. The number of aryl methyl sites for hydroxylation is 1. The Hall–Kier alpha value is -1.59. The van der Waals surface area contributed by atoms with Gasteiger partial charge in [0.25, 0.3) is 0 Å². The summed E-state index contributed by atoms with van der Waals surface area (Å²) in [5, 5.41) is 12.4. The van der Waals surface area contributed by atoms with Crippen LogP contribution in [0.4, 0.5) is 5.69 Å². The molecule has 4 N–H and O–H groups in total. The first-order valence-corrected chi connectivity index (χ1v) is 6.08. The van der Waals surface area contributed by atoms with E-state index in [1.54, 1.807) is 12.1 Å². The Bertz CT molecular complexity index is 448. The van der Waals surface area contributed by atoms with Crippen molar-refractivity contribution in [3.8, 4) is 5.75 Å². The SMILES string of the molecule is CCc1ccc(O)c(NC(=O)C2COCC2N)c1. The van der Waals surface area contributed by atoms with Crippen LogP contribution in [0.1, 0.15) is 12.5 Å². The molecule has 1 amide bonds. The Balaban J connectivity index is 2.11. The number of carbonyl (C=O) groups is 1. The molecule has 1 heterocycles. The lowest BCUT2D eigenvalue weighted by molar-refractivity contribution is -0.120. The molecule has 0 saturated carbocycles. The van der Waals surface area contributed by atoms with E-state index in [1.807, 2.05) is 13.0 Å². The molecule has 5 nitrogen and oxygen atoms in total. The molecule has 1 aliphatic heterocycles. The zero-order valence-corrected chi connectivity index (χ0v) is 10.3. The molecule has 0 spiro atoms. The second kappa shape index (κ2) is 5.37. The fraction of sp³-hybridized carbons (Fsp3) is 0.462. The summed E-state index contributed by atoms with van der Waals surface area (Å²) in [6.07, 6.45) is 0.842. The maximum Gasteiger partial charge on any atom is 0.231 e. The van der Waals surface area contributed by atoms with Crippen LogP contribution in [0.15, 0.2) is 18.2 Å². The number of hydrogen-bond acceptors (Lipinski definition) is 4. The predicted octanol–water partition coefficient (Wildman–Crippen LogP) is 0.867. The standard InChI is InChI=1S/C13H18N2O3/c1-2-8-3-4-12(16)11(5-8)15-13(17)9-6-18-7-10(9)14/h3-5,9-10,16H,2,6-7,14H2,1H3,(H,15,17). The second-order valence-electron chi connectivity index (χ2n) is 4.50. The number of phenolic OH excluding ortho intramolecular Hbond substituents is 1. The Morgan fingerprint density at radius 2 is 2.33 bits per heavy atom. The topological polar surface area (TPSA) is 84.6 Å². The Morgan fingerprint density at radius 1 is 1.56 bits per heavy atom. The average molecular weight is 250 g/mol. The molecule has 2 rings (SSSR count). The first-order valence-electron chi connectivity index (χ1n) is 6.08. The summed E-state index contributed by atoms with van der Waals surface area (Å²) in [6, 6.07) is 4.91. The number of nitrogens with two attached hydrogens (primary N) is 1. The molecule has 2 atom stereocenters. The van der Waals surface area contributed by atoms with Gasteiger partial charge in [0.15, 0.2) is 0 Å². The summed E-state index contributed by atoms with van der Waals surface area (Å²) < 4.78 is 5.15. The number of amides is 1. The van der Waals surface area contributed by atoms with E-state index < -0.39 is 0 Å². The average Bonchev–Trinajstić information content (AvgIpc) is 2.78. The molecule has 2 unspecified atom stereocenters. The fourth-order valence-corrected chi connectivity index (χ4v) is 1.97. The van der Waals surface area contributed by atoms with Gasteiger partial charge in [-0.2, -0.15) is 0 Å². The lowest BCUT2D eigenvalue weighted by Crippen LogP contribution is -2.37. The number of aromatic hydroxyl groups is 1. The van der Waals surface area contributed by atoms with Gasteiger partial charge in [0.1, 0.15) is 5.75 Å². The number of benzene rings is 1. The number of anilines is 1. The van der Waals surface area contributed by atoms with E-state index in [4.69, 9.17) is 10.5 Å². The molecule has 1 fully saturated rings. The van der Waals surface area contributed by atoms with Crippen LogP contribution in [-0.4, -0.2) is 30.3 Å². The van der Waals surface area contributed by atoms with E-state index >= 15 is 0 Å². The van der Waals surface area contributed by atoms with Crippen LogP contribution in [0.25, 0.3) is 0 Å². The van der Waals surface area contributed by atoms with Crippen LogP contribution in [0.2, 0.25) is 0 Å². The van der Waals surface area contributed by atoms with Crippen LogP contribution >= 0.6 is 0 Å². The van der Waals surface area contributed by atoms with Gasteiger partial charge in [0.2, 0.25) is 5.91 Å². The number of phenols is 1. The summed E-state index contributed by atoms with van der Waals surface area (Å²) in [5.41, 5.74) is 7.26. The highest BCUT2D eigenvalue weighted by Crippen LogP contribution is 2.25. The maximum absolute atomic E-state index is 12.0. The van der Waals surface area contributed by atoms with E-state index in [-0.39, 0.29) is 23.6 Å². The summed E-state index contributed by atoms with van der Waals surface area (Å²) in [7, 11) is 0. The van der Waals surface area contributed by atoms with Crippen LogP contribution in [0.3, 0.4) is 0 Å². The van der Waals surface area contributed by atoms with Crippen LogP contribution < -0.4 is 11.1 Å². The van der Waals surface area contributed by atoms with Gasteiger partial charge in [-0.3, -0.25) is 4.79 Å². The molecular formula is C13H18N2O3. The summed E-state index contributed by atoms with van der Waals surface area (Å²) >= 11 is 0. The number of ether oxygens (including phenoxy) is 1. The van der Waals surface area contributed by atoms with Crippen molar-refractivity contribution in [3.05, 3.63) is 23.8 Å². The molecule has 0 bridgehead atoms. The summed E-state index contributed by atoms with van der Waals surface area (Å²) in [6.45, 7) is 2.75. The van der Waals surface area contributed by atoms with E-state index in [0.717, 1.165) is 12.0 Å². The molecule has 1 aliphatic rings. The maximum atomic E-state index is 12.0. The largest absolute Gasteiger partial charge is 0.506 e. The zero-order valence-electron chi connectivity index (χ0n) is 10.3. The third-order valence-corrected chi connectivity index (χ3v) is 3.19. The first kappa shape index (κ1) is 12.9. The van der Waals surface area contributed by atoms with Crippen LogP contribution in [-0.2, 0) is 16.0 Å². The minimum absolute atomic E-state index is 0.0630. The summed E-state index contributed by atoms with van der Waals surface area (Å²) in [4.78, 5) is 12.0. The van der Waals surface area contributed by atoms with Gasteiger partial charge >= 0.3 is 0 Å². The molecule has 1 aromatic rings. The number of rotatable bonds is 3. The van der Waals surface area contributed by atoms with Crippen molar-refractivity contribution < 1.29 is 14.6 Å². The van der Waals surface area contributed by atoms with Crippen molar-refractivity contribution in [3.63, 3.8) is 0 Å². The molecule has 1 saturated heterocycles. The van der Waals surface area contributed by atoms with Gasteiger partial charge in [-0.05, 0) is 24.1 Å². The molecule has 5 heteroatoms. The van der Waals surface area contributed by atoms with Gasteiger partial charge in [0, 0.05) is 6.04 Å². The Morgan fingerprint density at radius 3 is 2.94 bits per heavy atom. The fourth-order valence-electron chi connectivity index (χ4n) is 1.97. The number of carbonyl (C=O) groups excluding carboxylic acids is 1. The van der Waals surface area contributed by atoms with Gasteiger partial charge in [-0.15, -0.1) is 0 Å². The monoisotopic (exact) mass is 250 g/mol. The number of nitrogens with one attached hydrogen (secondary N) is 1. The third-order valence-electron chi connectivity index (χ3n) is 3.19. The van der Waals surface area contributed by atoms with Crippen molar-refractivity contribution >= 4 is 11.6 Å². The molecule has 0 radical (unpaired) electrons. The molecule has 0 aromatic heterocycles. The lowest BCUT2D eigenvalue weighted by Gasteiger charge is -2.14.